The number of amides is 1. The summed E-state index contributed by atoms with van der Waals surface area (Å²) in [5.74, 6) is 0.119. The number of carbonyl (C=O) groups excluding carboxylic acids is 1. The maximum atomic E-state index is 11.9. The Bertz CT molecular complexity index is 435. The molecule has 2 heterocycles. The number of nitrogens with one attached hydrogen (secondary N) is 1. The summed E-state index contributed by atoms with van der Waals surface area (Å²) in [5, 5.41) is 3.46. The molecule has 0 aromatic carbocycles. The minimum atomic E-state index is -0.183. The predicted octanol–water partition coefficient (Wildman–Crippen LogP) is 0.700. The van der Waals surface area contributed by atoms with Gasteiger partial charge in [0.15, 0.2) is 5.82 Å². The second kappa shape index (κ2) is 5.53. The molecular formula is C11H18N4O2S. The van der Waals surface area contributed by atoms with Crippen LogP contribution in [0.4, 0.5) is 10.8 Å². The van der Waals surface area contributed by atoms with Crippen LogP contribution in [0.1, 0.15) is 23.7 Å². The molecule has 0 aliphatic carbocycles. The van der Waals surface area contributed by atoms with Crippen LogP contribution in [-0.2, 0) is 4.74 Å². The van der Waals surface area contributed by atoms with Gasteiger partial charge < -0.3 is 20.7 Å². The molecule has 1 aromatic heterocycles. The van der Waals surface area contributed by atoms with E-state index in [0.717, 1.165) is 18.0 Å². The molecule has 100 valence electrons. The van der Waals surface area contributed by atoms with Gasteiger partial charge in [-0.15, -0.1) is 0 Å². The molecule has 1 aliphatic heterocycles. The van der Waals surface area contributed by atoms with Crippen LogP contribution in [0, 0.1) is 0 Å². The van der Waals surface area contributed by atoms with Gasteiger partial charge in [-0.2, -0.15) is 4.37 Å². The van der Waals surface area contributed by atoms with E-state index in [9.17, 15) is 4.79 Å². The molecule has 0 bridgehead atoms. The Labute approximate surface area is 110 Å². The smallest absolute Gasteiger partial charge is 0.257 e. The molecule has 1 fully saturated rings. The van der Waals surface area contributed by atoms with Gasteiger partial charge in [0.2, 0.25) is 0 Å². The lowest BCUT2D eigenvalue weighted by Gasteiger charge is -2.36. The number of morpholine rings is 1. The van der Waals surface area contributed by atoms with Gasteiger partial charge in [0, 0.05) is 13.6 Å². The van der Waals surface area contributed by atoms with E-state index in [2.05, 4.69) is 21.5 Å². The lowest BCUT2D eigenvalue weighted by atomic mass is 10.1. The standard InChI is InChI=1S/C11H18N4O2S/c1-3-7-6-17-5-4-15(7)11-8(10(16)13-2)9(12)14-18-11/h7H,3-6H2,1-2H3,(H2,12,14)(H,13,16). The molecule has 18 heavy (non-hydrogen) atoms. The Kier molecular flexibility index (Phi) is 4.03. The number of ether oxygens (including phenoxy) is 1. The summed E-state index contributed by atoms with van der Waals surface area (Å²) in [5.41, 5.74) is 6.28. The number of nitrogens with two attached hydrogens (primary N) is 1. The Balaban J connectivity index is 2.34. The molecule has 1 saturated heterocycles. The van der Waals surface area contributed by atoms with Gasteiger partial charge in [-0.25, -0.2) is 0 Å². The van der Waals surface area contributed by atoms with Crippen molar-refractivity contribution in [2.24, 2.45) is 0 Å². The maximum absolute atomic E-state index is 11.9. The number of hydrogen-bond acceptors (Lipinski definition) is 6. The highest BCUT2D eigenvalue weighted by Crippen LogP contribution is 2.33. The van der Waals surface area contributed by atoms with Crippen LogP contribution in [0.3, 0.4) is 0 Å². The zero-order chi connectivity index (χ0) is 13.1. The third-order valence-corrected chi connectivity index (χ3v) is 4.01. The summed E-state index contributed by atoms with van der Waals surface area (Å²) in [6.07, 6.45) is 0.963. The first kappa shape index (κ1) is 13.1. The summed E-state index contributed by atoms with van der Waals surface area (Å²) < 4.78 is 9.57. The molecule has 1 unspecified atom stereocenters. The van der Waals surface area contributed by atoms with Crippen LogP contribution in [0.5, 0.6) is 0 Å². The number of anilines is 2. The Morgan fingerprint density at radius 3 is 3.17 bits per heavy atom. The van der Waals surface area contributed by atoms with Crippen LogP contribution in [-0.4, -0.2) is 43.1 Å². The zero-order valence-electron chi connectivity index (χ0n) is 10.6. The highest BCUT2D eigenvalue weighted by atomic mass is 32.1. The minimum absolute atomic E-state index is 0.183. The quantitative estimate of drug-likeness (QED) is 0.845. The Morgan fingerprint density at radius 2 is 2.50 bits per heavy atom. The van der Waals surface area contributed by atoms with Crippen molar-refractivity contribution in [1.29, 1.82) is 0 Å². The van der Waals surface area contributed by atoms with E-state index >= 15 is 0 Å². The second-order valence-corrected chi connectivity index (χ2v) is 4.91. The minimum Gasteiger partial charge on any atom is -0.382 e. The van der Waals surface area contributed by atoms with E-state index in [1.165, 1.54) is 11.5 Å². The summed E-state index contributed by atoms with van der Waals surface area (Å²) in [7, 11) is 1.60. The fraction of sp³-hybridized carbons (Fsp3) is 0.636. The van der Waals surface area contributed by atoms with Gasteiger partial charge in [0.25, 0.3) is 5.91 Å². The van der Waals surface area contributed by atoms with Crippen LogP contribution < -0.4 is 16.0 Å². The van der Waals surface area contributed by atoms with E-state index in [-0.39, 0.29) is 11.9 Å². The lowest BCUT2D eigenvalue weighted by molar-refractivity contribution is 0.0919. The SMILES string of the molecule is CCC1COCCN1c1snc(N)c1C(=O)NC. The van der Waals surface area contributed by atoms with E-state index < -0.39 is 0 Å². The topological polar surface area (TPSA) is 80.5 Å². The number of hydrogen-bond donors (Lipinski definition) is 2. The fourth-order valence-corrected chi connectivity index (χ4v) is 3.00. The van der Waals surface area contributed by atoms with Gasteiger partial charge in [0.05, 0.1) is 19.3 Å². The molecule has 0 spiro atoms. The third-order valence-electron chi connectivity index (χ3n) is 3.11. The van der Waals surface area contributed by atoms with Crippen LogP contribution in [0.25, 0.3) is 0 Å². The molecule has 7 heteroatoms. The zero-order valence-corrected chi connectivity index (χ0v) is 11.4. The predicted molar refractivity (Wildman–Crippen MR) is 72.2 cm³/mol. The van der Waals surface area contributed by atoms with E-state index in [1.54, 1.807) is 7.05 Å². The third kappa shape index (κ3) is 2.28. The Morgan fingerprint density at radius 1 is 1.72 bits per heavy atom. The molecule has 2 rings (SSSR count). The summed E-state index contributed by atoms with van der Waals surface area (Å²) in [4.78, 5) is 14.1. The fourth-order valence-electron chi connectivity index (χ4n) is 2.09. The highest BCUT2D eigenvalue weighted by molar-refractivity contribution is 7.11. The second-order valence-electron chi connectivity index (χ2n) is 4.16. The van der Waals surface area contributed by atoms with Crippen molar-refractivity contribution >= 4 is 28.3 Å². The van der Waals surface area contributed by atoms with Crippen molar-refractivity contribution < 1.29 is 9.53 Å². The van der Waals surface area contributed by atoms with Gasteiger partial charge in [-0.3, -0.25) is 4.79 Å². The van der Waals surface area contributed by atoms with Crippen molar-refractivity contribution in [2.45, 2.75) is 19.4 Å². The maximum Gasteiger partial charge on any atom is 0.257 e. The van der Waals surface area contributed by atoms with Crippen LogP contribution in [0.15, 0.2) is 0 Å². The molecule has 3 N–H and O–H groups in total. The number of nitrogen functional groups attached to an aromatic ring is 1. The molecule has 1 atom stereocenters. The monoisotopic (exact) mass is 270 g/mol. The van der Waals surface area contributed by atoms with E-state index in [4.69, 9.17) is 10.5 Å². The molecule has 6 nitrogen and oxygen atoms in total. The van der Waals surface area contributed by atoms with E-state index in [0.29, 0.717) is 24.6 Å². The first-order valence-electron chi connectivity index (χ1n) is 6.00. The number of rotatable bonds is 3. The van der Waals surface area contributed by atoms with Crippen LogP contribution >= 0.6 is 11.5 Å². The highest BCUT2D eigenvalue weighted by Gasteiger charge is 2.29. The molecule has 1 aliphatic rings. The summed E-state index contributed by atoms with van der Waals surface area (Å²) >= 11 is 1.28. The van der Waals surface area contributed by atoms with Gasteiger partial charge >= 0.3 is 0 Å². The van der Waals surface area contributed by atoms with Gasteiger partial charge in [-0.05, 0) is 18.0 Å². The number of carbonyl (C=O) groups is 1. The van der Waals surface area contributed by atoms with Crippen molar-refractivity contribution in [3.63, 3.8) is 0 Å². The molecule has 1 aromatic rings. The summed E-state index contributed by atoms with van der Waals surface area (Å²) in [6.45, 7) is 4.23. The van der Waals surface area contributed by atoms with Gasteiger partial charge in [0.1, 0.15) is 10.6 Å². The van der Waals surface area contributed by atoms with E-state index in [1.807, 2.05) is 0 Å². The average molecular weight is 270 g/mol. The largest absolute Gasteiger partial charge is 0.382 e. The number of nitrogens with zero attached hydrogens (tertiary/aromatic N) is 2. The van der Waals surface area contributed by atoms with Crippen molar-refractivity contribution in [3.8, 4) is 0 Å². The van der Waals surface area contributed by atoms with Crippen LogP contribution in [0.2, 0.25) is 0 Å². The first-order valence-corrected chi connectivity index (χ1v) is 6.78. The molecule has 1 amide bonds. The molecule has 0 saturated carbocycles. The normalized spacial score (nSPS) is 19.9. The lowest BCUT2D eigenvalue weighted by Crippen LogP contribution is -2.45. The molecule has 0 radical (unpaired) electrons. The first-order chi connectivity index (χ1) is 8.69. The van der Waals surface area contributed by atoms with Crippen molar-refractivity contribution in [1.82, 2.24) is 9.69 Å². The number of aromatic nitrogens is 1. The van der Waals surface area contributed by atoms with Gasteiger partial charge in [-0.1, -0.05) is 6.92 Å². The molecular weight excluding hydrogens is 252 g/mol. The van der Waals surface area contributed by atoms with Crippen molar-refractivity contribution in [2.75, 3.05) is 37.4 Å². The summed E-state index contributed by atoms with van der Waals surface area (Å²) in [6, 6.07) is 0.280. The van der Waals surface area contributed by atoms with Crippen molar-refractivity contribution in [3.05, 3.63) is 5.56 Å². The average Bonchev–Trinajstić information content (AvgIpc) is 2.79. The Hall–Kier alpha value is -1.34.